The zero-order valence-corrected chi connectivity index (χ0v) is 20.6. The van der Waals surface area contributed by atoms with Crippen LogP contribution in [0.2, 0.25) is 0 Å². The summed E-state index contributed by atoms with van der Waals surface area (Å²) < 4.78 is 7.79. The minimum absolute atomic E-state index is 0.0177. The Morgan fingerprint density at radius 3 is 2.59 bits per heavy atom. The molecule has 0 N–H and O–H groups in total. The van der Waals surface area contributed by atoms with E-state index in [9.17, 15) is 14.9 Å². The maximum absolute atomic E-state index is 12.7. The van der Waals surface area contributed by atoms with Crippen molar-refractivity contribution in [1.29, 1.82) is 5.26 Å². The third-order valence-corrected chi connectivity index (χ3v) is 6.72. The van der Waals surface area contributed by atoms with Gasteiger partial charge in [0.25, 0.3) is 0 Å². The SMILES string of the molecule is CCOC(=O)[C@@H](CC(=O)CSc1ncc(Br)n1-c1ccc(C#N)c2ccccc12)C(C)C. The Hall–Kier alpha value is -2.63. The third-order valence-electron chi connectivity index (χ3n) is 5.15. The van der Waals surface area contributed by atoms with E-state index in [1.165, 1.54) is 11.8 Å². The van der Waals surface area contributed by atoms with Gasteiger partial charge in [0.05, 0.1) is 41.8 Å². The second-order valence-corrected chi connectivity index (χ2v) is 9.38. The molecule has 0 saturated heterocycles. The van der Waals surface area contributed by atoms with Crippen LogP contribution >= 0.6 is 27.7 Å². The van der Waals surface area contributed by atoms with Gasteiger partial charge in [0, 0.05) is 17.2 Å². The van der Waals surface area contributed by atoms with Crippen LogP contribution in [-0.2, 0) is 14.3 Å². The summed E-state index contributed by atoms with van der Waals surface area (Å²) in [5.74, 6) is -0.590. The van der Waals surface area contributed by atoms with Gasteiger partial charge >= 0.3 is 5.97 Å². The highest BCUT2D eigenvalue weighted by atomic mass is 79.9. The Bertz CT molecular complexity index is 1180. The largest absolute Gasteiger partial charge is 0.466 e. The van der Waals surface area contributed by atoms with Gasteiger partial charge in [-0.05, 0) is 40.9 Å². The molecule has 0 fully saturated rings. The van der Waals surface area contributed by atoms with Gasteiger partial charge in [-0.2, -0.15) is 5.26 Å². The normalized spacial score (nSPS) is 12.0. The molecule has 0 bridgehead atoms. The Labute approximate surface area is 200 Å². The Kier molecular flexibility index (Phi) is 8.10. The zero-order chi connectivity index (χ0) is 23.3. The number of nitriles is 1. The highest BCUT2D eigenvalue weighted by Gasteiger charge is 2.26. The molecule has 1 aromatic heterocycles. The van der Waals surface area contributed by atoms with Crippen molar-refractivity contribution in [3.05, 3.63) is 52.8 Å². The van der Waals surface area contributed by atoms with Crippen molar-refractivity contribution in [3.8, 4) is 11.8 Å². The molecule has 0 aliphatic rings. The smallest absolute Gasteiger partial charge is 0.309 e. The van der Waals surface area contributed by atoms with E-state index in [-0.39, 0.29) is 29.8 Å². The summed E-state index contributed by atoms with van der Waals surface area (Å²) in [6, 6.07) is 13.6. The summed E-state index contributed by atoms with van der Waals surface area (Å²) in [4.78, 5) is 29.3. The summed E-state index contributed by atoms with van der Waals surface area (Å²) in [5.41, 5.74) is 1.47. The third kappa shape index (κ3) is 5.22. The van der Waals surface area contributed by atoms with Crippen LogP contribution in [0.15, 0.2) is 52.4 Å². The van der Waals surface area contributed by atoms with Crippen LogP contribution in [-0.4, -0.2) is 33.7 Å². The molecule has 0 unspecified atom stereocenters. The number of carbonyl (C=O) groups excluding carboxylic acids is 2. The molecule has 3 rings (SSSR count). The van der Waals surface area contributed by atoms with Crippen LogP contribution in [0.1, 0.15) is 32.8 Å². The average Bonchev–Trinajstić information content (AvgIpc) is 3.15. The van der Waals surface area contributed by atoms with Crippen molar-refractivity contribution >= 4 is 50.2 Å². The molecular weight excluding hydrogens is 490 g/mol. The lowest BCUT2D eigenvalue weighted by molar-refractivity contribution is -0.151. The molecule has 2 aromatic carbocycles. The Morgan fingerprint density at radius 2 is 1.94 bits per heavy atom. The molecule has 0 saturated carbocycles. The molecule has 166 valence electrons. The van der Waals surface area contributed by atoms with Gasteiger partial charge < -0.3 is 4.74 Å². The second-order valence-electron chi connectivity index (χ2n) is 7.62. The van der Waals surface area contributed by atoms with Crippen LogP contribution in [0.5, 0.6) is 0 Å². The minimum atomic E-state index is -0.447. The van der Waals surface area contributed by atoms with E-state index in [1.54, 1.807) is 19.2 Å². The number of imidazole rings is 1. The lowest BCUT2D eigenvalue weighted by atomic mass is 9.91. The molecule has 6 nitrogen and oxygen atoms in total. The first-order chi connectivity index (χ1) is 15.4. The number of thioether (sulfide) groups is 1. The highest BCUT2D eigenvalue weighted by Crippen LogP contribution is 2.32. The summed E-state index contributed by atoms with van der Waals surface area (Å²) in [5, 5.41) is 11.9. The molecule has 8 heteroatoms. The van der Waals surface area contributed by atoms with E-state index in [0.717, 1.165) is 21.1 Å². The molecule has 0 radical (unpaired) electrons. The van der Waals surface area contributed by atoms with Gasteiger partial charge in [-0.25, -0.2) is 4.98 Å². The number of hydrogen-bond donors (Lipinski definition) is 0. The standard InChI is InChI=1S/C24H24BrN3O3S/c1-4-31-23(30)20(15(2)3)11-17(29)14-32-24-27-13-22(25)28(24)21-10-9-16(12-26)18-7-5-6-8-19(18)21/h5-10,13,15,20H,4,11,14H2,1-3H3/t20-/m0/s1. The molecular formula is C24H24BrN3O3S. The number of benzene rings is 2. The molecule has 1 atom stereocenters. The van der Waals surface area contributed by atoms with E-state index >= 15 is 0 Å². The number of ether oxygens (including phenoxy) is 1. The predicted octanol–water partition coefficient (Wildman–Crippen LogP) is 5.55. The monoisotopic (exact) mass is 513 g/mol. The van der Waals surface area contributed by atoms with Crippen molar-refractivity contribution < 1.29 is 14.3 Å². The maximum Gasteiger partial charge on any atom is 0.309 e. The summed E-state index contributed by atoms with van der Waals surface area (Å²) in [7, 11) is 0. The molecule has 0 spiro atoms. The van der Waals surface area contributed by atoms with Gasteiger partial charge in [-0.15, -0.1) is 0 Å². The van der Waals surface area contributed by atoms with E-state index in [1.807, 2.05) is 48.7 Å². The Balaban J connectivity index is 1.84. The fourth-order valence-corrected chi connectivity index (χ4v) is 4.94. The van der Waals surface area contributed by atoms with Crippen molar-refractivity contribution in [3.63, 3.8) is 0 Å². The number of esters is 1. The fraction of sp³-hybridized carbons (Fsp3) is 0.333. The van der Waals surface area contributed by atoms with Crippen LogP contribution in [0, 0.1) is 23.2 Å². The summed E-state index contributed by atoms with van der Waals surface area (Å²) in [6.07, 6.45) is 1.83. The van der Waals surface area contributed by atoms with E-state index in [4.69, 9.17) is 4.74 Å². The maximum atomic E-state index is 12.7. The highest BCUT2D eigenvalue weighted by molar-refractivity contribution is 9.10. The minimum Gasteiger partial charge on any atom is -0.466 e. The van der Waals surface area contributed by atoms with Crippen molar-refractivity contribution in [2.24, 2.45) is 11.8 Å². The summed E-state index contributed by atoms with van der Waals surface area (Å²) >= 11 is 4.88. The number of ketones is 1. The average molecular weight is 514 g/mol. The molecule has 32 heavy (non-hydrogen) atoms. The number of rotatable bonds is 9. The molecule has 0 aliphatic carbocycles. The lowest BCUT2D eigenvalue weighted by Gasteiger charge is -2.18. The number of hydrogen-bond acceptors (Lipinski definition) is 6. The van der Waals surface area contributed by atoms with E-state index in [0.29, 0.717) is 17.3 Å². The van der Waals surface area contributed by atoms with E-state index < -0.39 is 5.92 Å². The topological polar surface area (TPSA) is 85.0 Å². The van der Waals surface area contributed by atoms with Crippen molar-refractivity contribution in [2.45, 2.75) is 32.3 Å². The van der Waals surface area contributed by atoms with Crippen molar-refractivity contribution in [2.75, 3.05) is 12.4 Å². The molecule has 0 aliphatic heterocycles. The Morgan fingerprint density at radius 1 is 1.22 bits per heavy atom. The molecule has 0 amide bonds. The number of aromatic nitrogens is 2. The lowest BCUT2D eigenvalue weighted by Crippen LogP contribution is -2.26. The zero-order valence-electron chi connectivity index (χ0n) is 18.2. The fourth-order valence-electron chi connectivity index (χ4n) is 3.50. The first kappa shape index (κ1) is 24.0. The number of fused-ring (bicyclic) bond motifs is 1. The van der Waals surface area contributed by atoms with Gasteiger partial charge in [-0.1, -0.05) is 49.9 Å². The quantitative estimate of drug-likeness (QED) is 0.275. The van der Waals surface area contributed by atoms with Crippen LogP contribution in [0.3, 0.4) is 0 Å². The molecule has 3 aromatic rings. The van der Waals surface area contributed by atoms with Gasteiger partial charge in [0.1, 0.15) is 10.4 Å². The van der Waals surface area contributed by atoms with Gasteiger partial charge in [-0.3, -0.25) is 14.2 Å². The van der Waals surface area contributed by atoms with Crippen LogP contribution < -0.4 is 0 Å². The van der Waals surface area contributed by atoms with Crippen molar-refractivity contribution in [1.82, 2.24) is 9.55 Å². The number of Topliss-reactive ketones (excluding diaryl/α,β-unsaturated/α-hetero) is 1. The number of nitrogens with zero attached hydrogens (tertiary/aromatic N) is 3. The first-order valence-corrected chi connectivity index (χ1v) is 12.1. The predicted molar refractivity (Wildman–Crippen MR) is 129 cm³/mol. The molecule has 1 heterocycles. The van der Waals surface area contributed by atoms with E-state index in [2.05, 4.69) is 27.0 Å². The van der Waals surface area contributed by atoms with Gasteiger partial charge in [0.15, 0.2) is 5.16 Å². The first-order valence-electron chi connectivity index (χ1n) is 10.3. The van der Waals surface area contributed by atoms with Crippen LogP contribution in [0.25, 0.3) is 16.5 Å². The van der Waals surface area contributed by atoms with Crippen LogP contribution in [0.4, 0.5) is 0 Å². The second kappa shape index (κ2) is 10.8. The summed E-state index contributed by atoms with van der Waals surface area (Å²) in [6.45, 7) is 5.90. The number of carbonyl (C=O) groups is 2. The van der Waals surface area contributed by atoms with Gasteiger partial charge in [0.2, 0.25) is 0 Å². The number of halogens is 1.